The van der Waals surface area contributed by atoms with Gasteiger partial charge >= 0.3 is 23.7 Å². The number of hydrogen-bond donors (Lipinski definition) is 0. The topological polar surface area (TPSA) is 0 Å². The van der Waals surface area contributed by atoms with Crippen LogP contribution >= 0.6 is 90.7 Å². The highest BCUT2D eigenvalue weighted by atomic mass is 32.1. The molecule has 0 N–H and O–H groups in total. The Kier molecular flexibility index (Phi) is 11.8. The Labute approximate surface area is 487 Å². The maximum absolute atomic E-state index is 16.1. The van der Waals surface area contributed by atoms with Gasteiger partial charge in [-0.2, -0.15) is 35.1 Å². The van der Waals surface area contributed by atoms with Crippen molar-refractivity contribution in [2.24, 2.45) is 0 Å². The first kappa shape index (κ1) is 52.5. The van der Waals surface area contributed by atoms with Crippen molar-refractivity contribution in [3.63, 3.8) is 0 Å². The van der Waals surface area contributed by atoms with Gasteiger partial charge in [0.1, 0.15) is 0 Å². The Bertz CT molecular complexity index is 4350. The van der Waals surface area contributed by atoms with Gasteiger partial charge in [0, 0.05) is 144 Å². The summed E-state index contributed by atoms with van der Waals surface area (Å²) in [6, 6.07) is 32.8. The summed E-state index contributed by atoms with van der Waals surface area (Å²) in [7, 11) is 0. The van der Waals surface area contributed by atoms with Gasteiger partial charge in [-0.05, 0) is 138 Å². The smallest absolute Gasteiger partial charge is 0.196 e. The molecule has 80 heavy (non-hydrogen) atoms. The molecule has 4 aliphatic rings. The second-order valence-corrected chi connectivity index (χ2v) is 30.4. The Balaban J connectivity index is 0.000000124. The fourth-order valence-electron chi connectivity index (χ4n) is 11.8. The SMILES string of the molecule is Cc1cc2c(s1)-c1cc3c(cc1C2(F)F)-c1sc(-c2cc4sc(C)cc4s2)cc1C3(F)F.Cc1cc2sc(C)cc2s1.Cc1ccc(-c2cc3c(s2)-c2c(C)c4c(c(C)c2C3(F)F)-c2sc(-c3ccc(C)cc3)cc2C4(F)F)cc1. The first-order valence-corrected chi connectivity index (χ1v) is 32.0. The highest BCUT2D eigenvalue weighted by Gasteiger charge is 2.56. The first-order valence-electron chi connectivity index (χ1n) is 25.4. The van der Waals surface area contributed by atoms with Gasteiger partial charge in [-0.15, -0.1) is 90.7 Å². The third-order valence-corrected chi connectivity index (χ3v) is 24.7. The van der Waals surface area contributed by atoms with E-state index in [9.17, 15) is 0 Å². The molecule has 402 valence electrons. The maximum Gasteiger partial charge on any atom is 0.300 e. The molecule has 0 spiro atoms. The number of thiophene rings is 8. The summed E-state index contributed by atoms with van der Waals surface area (Å²) in [5.41, 5.74) is 4.49. The minimum Gasteiger partial charge on any atom is -0.196 e. The fourth-order valence-corrected chi connectivity index (χ4v) is 21.3. The van der Waals surface area contributed by atoms with Crippen LogP contribution in [0.15, 0.2) is 109 Å². The van der Waals surface area contributed by atoms with Gasteiger partial charge in [0.25, 0.3) is 0 Å². The highest BCUT2D eigenvalue weighted by molar-refractivity contribution is 7.31. The largest absolute Gasteiger partial charge is 0.300 e. The van der Waals surface area contributed by atoms with E-state index < -0.39 is 23.7 Å². The van der Waals surface area contributed by atoms with Crippen molar-refractivity contribution in [1.29, 1.82) is 0 Å². The van der Waals surface area contributed by atoms with Crippen molar-refractivity contribution in [3.05, 3.63) is 195 Å². The monoisotopic (exact) mass is 1220 g/mol. The van der Waals surface area contributed by atoms with E-state index in [-0.39, 0.29) is 77.9 Å². The van der Waals surface area contributed by atoms with Crippen LogP contribution < -0.4 is 0 Å². The molecular weight excluding hydrogens is 1180 g/mol. The summed E-state index contributed by atoms with van der Waals surface area (Å²) in [6.45, 7) is 15.2. The van der Waals surface area contributed by atoms with E-state index in [4.69, 9.17) is 0 Å². The summed E-state index contributed by atoms with van der Waals surface area (Å²) in [5.74, 6) is -12.9. The molecule has 0 saturated carbocycles. The molecule has 0 nitrogen and oxygen atoms in total. The summed E-state index contributed by atoms with van der Waals surface area (Å²) in [6.07, 6.45) is 0. The van der Waals surface area contributed by atoms with Crippen molar-refractivity contribution < 1.29 is 35.1 Å². The molecular formula is C64H42F8S8. The van der Waals surface area contributed by atoms with E-state index in [2.05, 4.69) is 32.0 Å². The molecule has 8 aromatic heterocycles. The van der Waals surface area contributed by atoms with E-state index >= 15 is 35.1 Å². The van der Waals surface area contributed by atoms with Crippen LogP contribution in [0.2, 0.25) is 0 Å². The molecule has 0 radical (unpaired) electrons. The van der Waals surface area contributed by atoms with Crippen LogP contribution in [0.25, 0.3) is 91.2 Å². The Hall–Kier alpha value is -5.56. The molecule has 0 fully saturated rings. The standard InChI is InChI=1S/C32H22F4S2.C24H12F4S4.C8H8S2/c1-15-5-9-19(10-6-15)23-13-21-29(37-23)25-17(3)28-26(18(4)27(25)31(21,33)34)30-22(32(28,35)36)14-24(38-30)20-11-7-16(2)8-12-20;1-9-3-15-21(30-9)11-5-14-12(6-13(11)23(15,25)26)22-16(24(14,27)28)7-18(32-22)20-8-19-17(31-20)4-10(2)29-19;1-5-3-7-8(9-5)4-6(2)10-7/h5-14H,1-4H3;3-8H,1-2H3;3-4H,1-2H3. The lowest BCUT2D eigenvalue weighted by atomic mass is 9.88. The molecule has 8 heterocycles. The van der Waals surface area contributed by atoms with Crippen molar-refractivity contribution in [2.45, 2.75) is 79.1 Å². The van der Waals surface area contributed by atoms with Crippen molar-refractivity contribution in [2.75, 3.05) is 0 Å². The average Bonchev–Trinajstić information content (AvgIpc) is 4.40. The van der Waals surface area contributed by atoms with Gasteiger partial charge in [0.05, 0.1) is 0 Å². The highest BCUT2D eigenvalue weighted by Crippen LogP contribution is 2.66. The van der Waals surface area contributed by atoms with Gasteiger partial charge in [0.15, 0.2) is 0 Å². The Morgan fingerprint density at radius 2 is 0.625 bits per heavy atom. The van der Waals surface area contributed by atoms with Crippen LogP contribution in [-0.2, 0) is 23.7 Å². The van der Waals surface area contributed by atoms with Crippen LogP contribution in [0.5, 0.6) is 0 Å². The number of alkyl halides is 8. The number of benzene rings is 4. The fraction of sp³-hybridized carbons (Fsp3) is 0.188. The normalized spacial score (nSPS) is 15.7. The third-order valence-electron chi connectivity index (χ3n) is 15.5. The van der Waals surface area contributed by atoms with Gasteiger partial charge in [0.2, 0.25) is 0 Å². The lowest BCUT2D eigenvalue weighted by Gasteiger charge is -2.22. The number of fused-ring (bicyclic) bond motifs is 14. The zero-order chi connectivity index (χ0) is 56.0. The summed E-state index contributed by atoms with van der Waals surface area (Å²) >= 11 is 12.1. The van der Waals surface area contributed by atoms with Crippen molar-refractivity contribution in [3.8, 4) is 72.4 Å². The Morgan fingerprint density at radius 1 is 0.287 bits per heavy atom. The van der Waals surface area contributed by atoms with Crippen molar-refractivity contribution in [1.82, 2.24) is 0 Å². The van der Waals surface area contributed by atoms with Gasteiger partial charge in [-0.25, -0.2) is 0 Å². The van der Waals surface area contributed by atoms with E-state index in [1.54, 1.807) is 61.6 Å². The van der Waals surface area contributed by atoms with Gasteiger partial charge in [-0.1, -0.05) is 59.7 Å². The van der Waals surface area contributed by atoms with E-state index in [1.807, 2.05) is 98.0 Å². The van der Waals surface area contributed by atoms with Crippen LogP contribution in [-0.4, -0.2) is 0 Å². The number of aryl methyl sites for hydroxylation is 6. The van der Waals surface area contributed by atoms with Crippen LogP contribution in [0.3, 0.4) is 0 Å². The predicted molar refractivity (Wildman–Crippen MR) is 325 cm³/mol. The zero-order valence-corrected chi connectivity index (χ0v) is 50.2. The minimum absolute atomic E-state index is 0.0666. The lowest BCUT2D eigenvalue weighted by molar-refractivity contribution is 0.0444. The molecule has 0 aliphatic heterocycles. The summed E-state index contributed by atoms with van der Waals surface area (Å²) in [4.78, 5) is 9.53. The van der Waals surface area contributed by atoms with E-state index in [1.165, 1.54) is 87.6 Å². The number of hydrogen-bond acceptors (Lipinski definition) is 8. The molecule has 0 saturated heterocycles. The van der Waals surface area contributed by atoms with E-state index in [0.717, 1.165) is 46.3 Å². The quantitative estimate of drug-likeness (QED) is 0.155. The Morgan fingerprint density at radius 3 is 1.06 bits per heavy atom. The number of halogens is 8. The van der Waals surface area contributed by atoms with Gasteiger partial charge in [-0.3, -0.25) is 0 Å². The molecule has 0 bridgehead atoms. The predicted octanol–water partition coefficient (Wildman–Crippen LogP) is 23.8. The molecule has 0 atom stereocenters. The molecule has 16 heteroatoms. The molecule has 4 aromatic carbocycles. The second-order valence-electron chi connectivity index (χ2n) is 21.0. The third kappa shape index (κ3) is 7.75. The summed E-state index contributed by atoms with van der Waals surface area (Å²) in [5, 5.41) is 0. The van der Waals surface area contributed by atoms with Crippen LogP contribution in [0.1, 0.15) is 86.3 Å². The minimum atomic E-state index is -3.26. The van der Waals surface area contributed by atoms with Crippen LogP contribution in [0.4, 0.5) is 35.1 Å². The molecule has 12 aromatic rings. The second kappa shape index (κ2) is 18.0. The zero-order valence-electron chi connectivity index (χ0n) is 43.7. The molecule has 0 amide bonds. The van der Waals surface area contributed by atoms with Gasteiger partial charge < -0.3 is 0 Å². The average molecular weight is 1220 g/mol. The lowest BCUT2D eigenvalue weighted by Crippen LogP contribution is -2.16. The van der Waals surface area contributed by atoms with Crippen LogP contribution in [0, 0.1) is 55.4 Å². The summed E-state index contributed by atoms with van der Waals surface area (Å²) < 4.78 is 131. The van der Waals surface area contributed by atoms with Crippen molar-refractivity contribution >= 4 is 109 Å². The molecule has 0 unspecified atom stereocenters. The maximum atomic E-state index is 16.1. The first-order chi connectivity index (χ1) is 37.9. The molecule has 4 aliphatic carbocycles. The van der Waals surface area contributed by atoms with E-state index in [0.29, 0.717) is 29.3 Å². The molecule has 16 rings (SSSR count). The number of rotatable bonds is 3.